The van der Waals surface area contributed by atoms with E-state index in [4.69, 9.17) is 10.4 Å². The number of benzene rings is 3. The van der Waals surface area contributed by atoms with Gasteiger partial charge in [0.1, 0.15) is 11.6 Å². The zero-order valence-electron chi connectivity index (χ0n) is 62.7. The fourth-order valence-corrected chi connectivity index (χ4v) is 14.2. The zero-order valence-corrected chi connectivity index (χ0v) is 71.2. The molecule has 0 amide bonds. The van der Waals surface area contributed by atoms with Gasteiger partial charge in [-0.3, -0.25) is 28.8 Å². The van der Waals surface area contributed by atoms with Crippen molar-refractivity contribution < 1.29 is 127 Å². The van der Waals surface area contributed by atoms with E-state index in [0.29, 0.717) is 79.3 Å². The maximum Gasteiger partial charge on any atom is 0.163 e. The van der Waals surface area contributed by atoms with Gasteiger partial charge in [0.15, 0.2) is 34.7 Å². The van der Waals surface area contributed by atoms with E-state index in [1.54, 1.807) is 12.6 Å². The van der Waals surface area contributed by atoms with Crippen molar-refractivity contribution in [3.63, 3.8) is 0 Å². The summed E-state index contributed by atoms with van der Waals surface area (Å²) < 4.78 is 2.09. The molecule has 0 bridgehead atoms. The molecule has 6 aromatic rings. The molecule has 2 aliphatic heterocycles. The predicted molar refractivity (Wildman–Crippen MR) is 410 cm³/mol. The quantitative estimate of drug-likeness (QED) is 0.0311. The number of rotatable bonds is 23. The fraction of sp³-hybridized carbons (Fsp3) is 0.357. The number of piperazine rings is 2. The zero-order chi connectivity index (χ0) is 72.1. The molecule has 533 valence electrons. The molecule has 3 radical (unpaired) electrons. The van der Waals surface area contributed by atoms with Crippen molar-refractivity contribution >= 4 is 80.9 Å². The summed E-state index contributed by atoms with van der Waals surface area (Å²) in [7, 11) is 4.28. The first-order valence-electron chi connectivity index (χ1n) is 35.0. The van der Waals surface area contributed by atoms with E-state index in [1.165, 1.54) is 6.21 Å². The fourth-order valence-electron chi connectivity index (χ4n) is 14.2. The number of likely N-dealkylation sites (N-methyl/N-ethyl adjacent to an activating group) is 2. The van der Waals surface area contributed by atoms with Gasteiger partial charge in [0.2, 0.25) is 0 Å². The van der Waals surface area contributed by atoms with Gasteiger partial charge in [0.25, 0.3) is 0 Å². The van der Waals surface area contributed by atoms with Gasteiger partial charge >= 0.3 is 0 Å². The molecule has 5 aliphatic rings. The maximum absolute atomic E-state index is 13.7. The number of fused-ring (bicyclic) bond motifs is 1. The normalized spacial score (nSPS) is 15.7. The number of Topliss-reactive ketones (excluding diaryl/α,β-unsaturated/α-hetero) is 6. The summed E-state index contributed by atoms with van der Waals surface area (Å²) in [5.74, 6) is 2.32. The van der Waals surface area contributed by atoms with Gasteiger partial charge in [-0.2, -0.15) is 13.8 Å². The molecular weight excluding hydrogens is 1510 g/mol. The molecule has 0 unspecified atom stereocenters. The molecule has 0 spiro atoms. The number of nitrogens with zero attached hydrogens (tertiary/aromatic N) is 7. The Morgan fingerprint density at radius 2 is 0.990 bits per heavy atom. The van der Waals surface area contributed by atoms with Crippen LogP contribution in [0.1, 0.15) is 173 Å². The Hall–Kier alpha value is -6.33. The second-order valence-electron chi connectivity index (χ2n) is 27.3. The van der Waals surface area contributed by atoms with Gasteiger partial charge in [0, 0.05) is 247 Å². The average molecular weight is 1610 g/mol. The van der Waals surface area contributed by atoms with Crippen molar-refractivity contribution in [2.24, 2.45) is 0 Å². The molecule has 2 fully saturated rings. The van der Waals surface area contributed by atoms with Crippen LogP contribution in [0.3, 0.4) is 0 Å². The SMILES string of the molecule is C=Cc1c(N[CH-]C)cc(C)cc1C(=O)CCC1=C(C)C=C(C)CC1=O.C[CH-]Nc1cc(-c2ccnc(N3CCN(C)CC3)c2)cc(C(=O)CCC2=C(C)C=C(C)CC2=O)c1C=N.C[CH-]n1cc(C)c2c(C(=O)CCC3=C(C)C=C(C)CC3=O)cc(-c3ccc(N4CCN(C)CC4)nc3)cc21.[Y].[Y].[Y]. The van der Waals surface area contributed by atoms with E-state index in [0.717, 1.165) is 170 Å². The molecule has 3 N–H and O–H groups in total. The molecule has 19 heteroatoms. The van der Waals surface area contributed by atoms with Crippen molar-refractivity contribution in [1.29, 1.82) is 5.41 Å². The number of ketones is 6. The minimum atomic E-state index is -0.0766. The molecule has 0 atom stereocenters. The molecular formula is C84H99N10O6Y3-3. The summed E-state index contributed by atoms with van der Waals surface area (Å²) in [6.45, 7) is 38.9. The predicted octanol–water partition coefficient (Wildman–Crippen LogP) is 16.7. The summed E-state index contributed by atoms with van der Waals surface area (Å²) >= 11 is 0. The van der Waals surface area contributed by atoms with Crippen LogP contribution in [0, 0.1) is 38.9 Å². The standard InChI is InChI=1S/C32H37N4O2.C30H36N5O2.C22H26NO2.3Y/c1-6-35-20-23(4)32-27(29(37)9-8-26-22(3)15-21(2)16-30(26)38)17-25(18-28(32)35)24-7-10-31(33-19-24)36-13-11-34(5)12-14-36;1-5-32-27-17-23(22-8-9-33-30(18-22)35-12-10-34(4)11-13-35)16-25(26(27)19-31)28(36)7-6-24-21(3)14-20(2)15-29(24)37;1-6-17-19(11-15(4)12-20(17)23-7-2)21(24)9-8-18-16(5)10-14(3)13-22(18)25;;;/h6-7,10,15,17-20H,8-9,11-14,16H2,1-5H3;5,8-9,14,16-19,31-32H,6-7,10-13,15H2,1-4H3;6-7,10-12,23H,1,8-9,13H2,2-5H3;;;/q3*-1;;;. The third-order valence-electron chi connectivity index (χ3n) is 19.5. The average Bonchev–Trinajstić information content (AvgIpc) is 1.66. The summed E-state index contributed by atoms with van der Waals surface area (Å²) in [6, 6.07) is 20.1. The van der Waals surface area contributed by atoms with Crippen molar-refractivity contribution in [1.82, 2.24) is 24.3 Å². The third-order valence-corrected chi connectivity index (χ3v) is 19.5. The molecule has 5 heterocycles. The van der Waals surface area contributed by atoms with E-state index in [-0.39, 0.29) is 139 Å². The van der Waals surface area contributed by atoms with Crippen LogP contribution in [-0.2, 0) is 113 Å². The Labute approximate surface area is 686 Å². The number of allylic oxidation sites excluding steroid dienone is 12. The maximum atomic E-state index is 13.7. The molecule has 16 nitrogen and oxygen atoms in total. The Bertz CT molecular complexity index is 4380. The van der Waals surface area contributed by atoms with Gasteiger partial charge < -0.3 is 40.2 Å². The van der Waals surface area contributed by atoms with Crippen molar-refractivity contribution in [2.45, 2.75) is 134 Å². The first-order valence-corrected chi connectivity index (χ1v) is 35.0. The van der Waals surface area contributed by atoms with E-state index in [1.807, 2.05) is 143 Å². The summed E-state index contributed by atoms with van der Waals surface area (Å²) in [5, 5.41) is 15.4. The van der Waals surface area contributed by atoms with Gasteiger partial charge in [-0.25, -0.2) is 23.1 Å². The third kappa shape index (κ3) is 21.7. The van der Waals surface area contributed by atoms with Crippen LogP contribution in [0.5, 0.6) is 0 Å². The molecule has 3 aromatic heterocycles. The van der Waals surface area contributed by atoms with Crippen molar-refractivity contribution in [3.8, 4) is 22.3 Å². The van der Waals surface area contributed by atoms with Crippen molar-refractivity contribution in [2.75, 3.05) is 86.9 Å². The van der Waals surface area contributed by atoms with Gasteiger partial charge in [-0.15, -0.1) is 6.54 Å². The number of anilines is 4. The molecule has 0 saturated carbocycles. The Balaban J connectivity index is 0.000000245. The Morgan fingerprint density at radius 1 is 0.534 bits per heavy atom. The minimum Gasteiger partial charge on any atom is -0.535 e. The number of carbonyl (C=O) groups is 6. The molecule has 11 rings (SSSR count). The summed E-state index contributed by atoms with van der Waals surface area (Å²) in [5.41, 5.74) is 20.2. The number of aryl methyl sites for hydroxylation is 2. The van der Waals surface area contributed by atoms with Crippen molar-refractivity contribution in [3.05, 3.63) is 213 Å². The molecule has 2 saturated heterocycles. The van der Waals surface area contributed by atoms with E-state index in [2.05, 4.69) is 104 Å². The molecule has 3 aromatic carbocycles. The number of aromatic nitrogens is 3. The van der Waals surface area contributed by atoms with Crippen LogP contribution < -0.4 is 20.4 Å². The number of carbonyl (C=O) groups excluding carboxylic acids is 6. The topological polar surface area (TPSA) is 194 Å². The number of hydrogen-bond acceptors (Lipinski definition) is 15. The number of pyridine rings is 2. The van der Waals surface area contributed by atoms with Crippen LogP contribution >= 0.6 is 0 Å². The summed E-state index contributed by atoms with van der Waals surface area (Å²) in [6.07, 6.45) is 18.4. The summed E-state index contributed by atoms with van der Waals surface area (Å²) in [4.78, 5) is 96.1. The smallest absolute Gasteiger partial charge is 0.163 e. The van der Waals surface area contributed by atoms with E-state index < -0.39 is 0 Å². The second-order valence-corrected chi connectivity index (χ2v) is 27.3. The van der Waals surface area contributed by atoms with Gasteiger partial charge in [-0.05, 0) is 198 Å². The van der Waals surface area contributed by atoms with Gasteiger partial charge in [-0.1, -0.05) is 90.2 Å². The Morgan fingerprint density at radius 3 is 1.44 bits per heavy atom. The largest absolute Gasteiger partial charge is 0.535 e. The van der Waals surface area contributed by atoms with Gasteiger partial charge in [0.05, 0.1) is 0 Å². The minimum absolute atomic E-state index is 0. The monoisotopic (exact) mass is 1610 g/mol. The Kier molecular flexibility index (Phi) is 33.1. The number of nitrogens with one attached hydrogen (secondary N) is 3. The van der Waals surface area contributed by atoms with Crippen LogP contribution in [-0.4, -0.2) is 132 Å². The first-order chi connectivity index (χ1) is 47.9. The second kappa shape index (κ2) is 39.9. The van der Waals surface area contributed by atoms with Crippen LogP contribution in [0.4, 0.5) is 23.0 Å². The number of hydrogen-bond donors (Lipinski definition) is 3. The molecule has 103 heavy (non-hydrogen) atoms. The van der Waals surface area contributed by atoms with Crippen LogP contribution in [0.25, 0.3) is 39.2 Å². The van der Waals surface area contributed by atoms with Crippen LogP contribution in [0.2, 0.25) is 0 Å². The first kappa shape index (κ1) is 85.6. The van der Waals surface area contributed by atoms with E-state index >= 15 is 0 Å². The molecule has 3 aliphatic carbocycles. The van der Waals surface area contributed by atoms with E-state index in [9.17, 15) is 28.8 Å². The van der Waals surface area contributed by atoms with Crippen LogP contribution in [0.15, 0.2) is 154 Å².